The number of fused-ring (bicyclic) bond motifs is 1. The van der Waals surface area contributed by atoms with Crippen molar-refractivity contribution in [2.45, 2.75) is 32.2 Å². The second-order valence-corrected chi connectivity index (χ2v) is 9.04. The second kappa shape index (κ2) is 9.17. The summed E-state index contributed by atoms with van der Waals surface area (Å²) >= 11 is 3.57. The van der Waals surface area contributed by atoms with Crippen molar-refractivity contribution in [2.24, 2.45) is 5.92 Å². The van der Waals surface area contributed by atoms with E-state index in [4.69, 9.17) is 9.72 Å². The third-order valence-electron chi connectivity index (χ3n) is 5.93. The van der Waals surface area contributed by atoms with Crippen molar-refractivity contribution in [3.63, 3.8) is 0 Å². The molecule has 4 aromatic rings. The van der Waals surface area contributed by atoms with Crippen molar-refractivity contribution in [1.82, 2.24) is 9.38 Å². The lowest BCUT2D eigenvalue weighted by Gasteiger charge is -2.14. The van der Waals surface area contributed by atoms with Crippen molar-refractivity contribution in [3.05, 3.63) is 83.0 Å². The van der Waals surface area contributed by atoms with Gasteiger partial charge in [-0.3, -0.25) is 9.20 Å². The molecule has 162 valence electrons. The normalized spacial score (nSPS) is 14.0. The van der Waals surface area contributed by atoms with Gasteiger partial charge in [-0.25, -0.2) is 4.98 Å². The molecule has 2 aromatic carbocycles. The Morgan fingerprint density at radius 3 is 2.59 bits per heavy atom. The minimum absolute atomic E-state index is 0.00393. The maximum Gasteiger partial charge on any atom is 0.314 e. The smallest absolute Gasteiger partial charge is 0.314 e. The fourth-order valence-corrected chi connectivity index (χ4v) is 4.60. The number of carbonyl (C=O) groups is 1. The van der Waals surface area contributed by atoms with E-state index >= 15 is 0 Å². The molecule has 1 aliphatic carbocycles. The van der Waals surface area contributed by atoms with Crippen LogP contribution in [0.2, 0.25) is 0 Å². The van der Waals surface area contributed by atoms with E-state index in [0.29, 0.717) is 12.3 Å². The number of halogens is 1. The molecule has 2 heterocycles. The number of carbonyl (C=O) groups excluding carboxylic acids is 1. The Kier molecular flexibility index (Phi) is 5.95. The molecule has 2 aromatic heterocycles. The van der Waals surface area contributed by atoms with Gasteiger partial charge in [0.1, 0.15) is 22.9 Å². The number of para-hydroxylation sites is 1. The first-order chi connectivity index (χ1) is 15.7. The monoisotopic (exact) mass is 489 g/mol. The number of ether oxygens (including phenoxy) is 1. The molecule has 1 aliphatic rings. The minimum Gasteiger partial charge on any atom is -0.426 e. The predicted octanol–water partition coefficient (Wildman–Crippen LogP) is 6.47. The molecule has 5 rings (SSSR count). The molecule has 0 amide bonds. The van der Waals surface area contributed by atoms with Gasteiger partial charge in [0.05, 0.1) is 5.92 Å². The number of imidazole rings is 1. The van der Waals surface area contributed by atoms with Gasteiger partial charge in [-0.1, -0.05) is 55.3 Å². The summed E-state index contributed by atoms with van der Waals surface area (Å²) < 4.78 is 8.88. The van der Waals surface area contributed by atoms with Gasteiger partial charge in [0, 0.05) is 22.8 Å². The van der Waals surface area contributed by atoms with Gasteiger partial charge < -0.3 is 10.1 Å². The highest BCUT2D eigenvalue weighted by atomic mass is 79.9. The van der Waals surface area contributed by atoms with Crippen LogP contribution in [0.15, 0.2) is 77.4 Å². The Balaban J connectivity index is 1.54. The van der Waals surface area contributed by atoms with E-state index in [1.54, 1.807) is 0 Å². The number of hydrogen-bond acceptors (Lipinski definition) is 4. The summed E-state index contributed by atoms with van der Waals surface area (Å²) in [6, 6.07) is 21.8. The lowest BCUT2D eigenvalue weighted by Crippen LogP contribution is -2.18. The van der Waals surface area contributed by atoms with Crippen LogP contribution in [-0.2, 0) is 11.3 Å². The summed E-state index contributed by atoms with van der Waals surface area (Å²) in [6.07, 6.45) is 6.00. The Labute approximate surface area is 195 Å². The van der Waals surface area contributed by atoms with Crippen LogP contribution in [0.25, 0.3) is 16.9 Å². The third kappa shape index (κ3) is 4.28. The molecule has 0 spiro atoms. The number of nitrogens with zero attached hydrogens (tertiary/aromatic N) is 2. The van der Waals surface area contributed by atoms with Crippen LogP contribution in [0.5, 0.6) is 5.75 Å². The van der Waals surface area contributed by atoms with E-state index in [9.17, 15) is 4.79 Å². The molecule has 1 fully saturated rings. The first-order valence-corrected chi connectivity index (χ1v) is 11.7. The quantitative estimate of drug-likeness (QED) is 0.249. The average Bonchev–Trinajstić information content (AvgIpc) is 3.47. The fourth-order valence-electron chi connectivity index (χ4n) is 4.26. The highest BCUT2D eigenvalue weighted by Gasteiger charge is 2.26. The molecular weight excluding hydrogens is 466 g/mol. The van der Waals surface area contributed by atoms with Crippen molar-refractivity contribution in [1.29, 1.82) is 0 Å². The van der Waals surface area contributed by atoms with Crippen molar-refractivity contribution < 1.29 is 9.53 Å². The van der Waals surface area contributed by atoms with Crippen molar-refractivity contribution >= 4 is 33.4 Å². The first kappa shape index (κ1) is 20.8. The minimum atomic E-state index is -0.139. The number of rotatable bonds is 6. The standard InChI is InChI=1S/C26H24BrN3O2/c27-20-14-15-23-29-24(25(30(23)17-20)28-16-18-8-2-1-3-9-18)21-12-6-7-13-22(21)32-26(31)19-10-4-5-11-19/h1-3,6-9,12-15,17,19,28H,4-5,10-11,16H2. The number of anilines is 1. The zero-order valence-corrected chi connectivity index (χ0v) is 19.2. The highest BCUT2D eigenvalue weighted by molar-refractivity contribution is 9.10. The van der Waals surface area contributed by atoms with Gasteiger partial charge >= 0.3 is 5.97 Å². The molecule has 1 N–H and O–H groups in total. The Hall–Kier alpha value is -3.12. The van der Waals surface area contributed by atoms with Crippen LogP contribution in [0, 0.1) is 5.92 Å². The maximum absolute atomic E-state index is 12.7. The zero-order chi connectivity index (χ0) is 21.9. The van der Waals surface area contributed by atoms with E-state index in [-0.39, 0.29) is 11.9 Å². The molecule has 6 heteroatoms. The molecular formula is C26H24BrN3O2. The maximum atomic E-state index is 12.7. The second-order valence-electron chi connectivity index (χ2n) is 8.12. The van der Waals surface area contributed by atoms with E-state index in [1.807, 2.05) is 65.2 Å². The molecule has 0 bridgehead atoms. The third-order valence-corrected chi connectivity index (χ3v) is 6.40. The Morgan fingerprint density at radius 2 is 1.78 bits per heavy atom. The molecule has 0 atom stereocenters. The number of pyridine rings is 1. The van der Waals surface area contributed by atoms with Gasteiger partial charge in [0.25, 0.3) is 0 Å². The molecule has 0 unspecified atom stereocenters. The highest BCUT2D eigenvalue weighted by Crippen LogP contribution is 2.37. The Bertz CT molecular complexity index is 1250. The lowest BCUT2D eigenvalue weighted by molar-refractivity contribution is -0.138. The van der Waals surface area contributed by atoms with Crippen LogP contribution in [-0.4, -0.2) is 15.4 Å². The SMILES string of the molecule is O=C(Oc1ccccc1-c1nc2ccc(Br)cn2c1NCc1ccccc1)C1CCCC1. The van der Waals surface area contributed by atoms with Crippen molar-refractivity contribution in [3.8, 4) is 17.0 Å². The topological polar surface area (TPSA) is 55.6 Å². The summed E-state index contributed by atoms with van der Waals surface area (Å²) in [5, 5.41) is 3.55. The molecule has 0 radical (unpaired) electrons. The van der Waals surface area contributed by atoms with Gasteiger partial charge in [-0.2, -0.15) is 0 Å². The zero-order valence-electron chi connectivity index (χ0n) is 17.6. The van der Waals surface area contributed by atoms with E-state index in [1.165, 1.54) is 5.56 Å². The first-order valence-electron chi connectivity index (χ1n) is 11.0. The van der Waals surface area contributed by atoms with Crippen LogP contribution < -0.4 is 10.1 Å². The lowest BCUT2D eigenvalue weighted by atomic mass is 10.1. The number of aromatic nitrogens is 2. The van der Waals surface area contributed by atoms with Crippen LogP contribution in [0.3, 0.4) is 0 Å². The van der Waals surface area contributed by atoms with E-state index < -0.39 is 0 Å². The fraction of sp³-hybridized carbons (Fsp3) is 0.231. The van der Waals surface area contributed by atoms with E-state index in [2.05, 4.69) is 33.4 Å². The van der Waals surface area contributed by atoms with Crippen LogP contribution in [0.4, 0.5) is 5.82 Å². The molecule has 1 saturated carbocycles. The average molecular weight is 490 g/mol. The summed E-state index contributed by atoms with van der Waals surface area (Å²) in [5.41, 5.74) is 3.54. The summed E-state index contributed by atoms with van der Waals surface area (Å²) in [4.78, 5) is 17.6. The van der Waals surface area contributed by atoms with Crippen molar-refractivity contribution in [2.75, 3.05) is 5.32 Å². The van der Waals surface area contributed by atoms with Crippen LogP contribution in [0.1, 0.15) is 31.2 Å². The molecule has 0 aliphatic heterocycles. The van der Waals surface area contributed by atoms with Gasteiger partial charge in [0.15, 0.2) is 0 Å². The number of benzene rings is 2. The number of nitrogens with one attached hydrogen (secondary N) is 1. The number of hydrogen-bond donors (Lipinski definition) is 1. The Morgan fingerprint density at radius 1 is 1.03 bits per heavy atom. The summed E-state index contributed by atoms with van der Waals surface area (Å²) in [6.45, 7) is 0.651. The van der Waals surface area contributed by atoms with Crippen LogP contribution >= 0.6 is 15.9 Å². The van der Waals surface area contributed by atoms with Gasteiger partial charge in [0.2, 0.25) is 0 Å². The molecule has 5 nitrogen and oxygen atoms in total. The molecule has 32 heavy (non-hydrogen) atoms. The number of esters is 1. The van der Waals surface area contributed by atoms with Gasteiger partial charge in [-0.05, 0) is 58.6 Å². The van der Waals surface area contributed by atoms with Gasteiger partial charge in [-0.15, -0.1) is 0 Å². The van der Waals surface area contributed by atoms with E-state index in [0.717, 1.165) is 52.9 Å². The summed E-state index contributed by atoms with van der Waals surface area (Å²) in [7, 11) is 0. The molecule has 0 saturated heterocycles. The summed E-state index contributed by atoms with van der Waals surface area (Å²) in [5.74, 6) is 1.26. The predicted molar refractivity (Wildman–Crippen MR) is 130 cm³/mol. The largest absolute Gasteiger partial charge is 0.426 e.